The van der Waals surface area contributed by atoms with Gasteiger partial charge in [0.15, 0.2) is 12.5 Å². The Morgan fingerprint density at radius 2 is 1.38 bits per heavy atom. The van der Waals surface area contributed by atoms with Crippen LogP contribution in [0.15, 0.2) is 88.8 Å². The van der Waals surface area contributed by atoms with Crippen LogP contribution in [0.2, 0.25) is 0 Å². The summed E-state index contributed by atoms with van der Waals surface area (Å²) in [5.74, 6) is 0.496. The molecule has 0 saturated carbocycles. The van der Waals surface area contributed by atoms with Crippen molar-refractivity contribution in [3.8, 4) is 5.75 Å². The second-order valence-corrected chi connectivity index (χ2v) is 12.1. The van der Waals surface area contributed by atoms with E-state index in [0.717, 1.165) is 9.87 Å². The molecule has 204 valence electrons. The topological polar surface area (TPSA) is 123 Å². The summed E-state index contributed by atoms with van der Waals surface area (Å²) in [6.07, 6.45) is 1.31. The van der Waals surface area contributed by atoms with E-state index >= 15 is 0 Å². The molecule has 0 saturated heterocycles. The molecular formula is C27H27N3O7S2. The molecule has 0 bridgehead atoms. The summed E-state index contributed by atoms with van der Waals surface area (Å²) in [6.45, 7) is 3.12. The van der Waals surface area contributed by atoms with Crippen LogP contribution >= 0.6 is 0 Å². The van der Waals surface area contributed by atoms with Gasteiger partial charge in [-0.15, -0.1) is 0 Å². The molecule has 0 aliphatic carbocycles. The third-order valence-electron chi connectivity index (χ3n) is 6.06. The summed E-state index contributed by atoms with van der Waals surface area (Å²) in [4.78, 5) is 15.5. The van der Waals surface area contributed by atoms with Crippen LogP contribution in [-0.4, -0.2) is 48.7 Å². The van der Waals surface area contributed by atoms with Crippen LogP contribution in [0.3, 0.4) is 0 Å². The van der Waals surface area contributed by atoms with Crippen molar-refractivity contribution >= 4 is 48.8 Å². The quantitative estimate of drug-likeness (QED) is 0.195. The number of carbonyl (C=O) groups excluding carboxylic acids is 1. The average Bonchev–Trinajstić information content (AvgIpc) is 2.94. The Hall–Kier alpha value is -4.16. The van der Waals surface area contributed by atoms with Gasteiger partial charge in [-0.25, -0.2) is 26.1 Å². The summed E-state index contributed by atoms with van der Waals surface area (Å²) >= 11 is 0. The largest absolute Gasteiger partial charge is 0.497 e. The lowest BCUT2D eigenvalue weighted by atomic mass is 10.1. The number of ether oxygens (including phenoxy) is 2. The molecule has 0 radical (unpaired) electrons. The number of pyridine rings is 1. The first-order chi connectivity index (χ1) is 18.6. The first-order valence-electron chi connectivity index (χ1n) is 11.8. The van der Waals surface area contributed by atoms with Crippen LogP contribution in [0.25, 0.3) is 10.8 Å². The van der Waals surface area contributed by atoms with Crippen LogP contribution in [0, 0.1) is 6.92 Å². The number of rotatable bonds is 11. The van der Waals surface area contributed by atoms with Gasteiger partial charge in [-0.3, -0.25) is 9.10 Å². The van der Waals surface area contributed by atoms with Crippen LogP contribution in [0.5, 0.6) is 5.75 Å². The molecule has 0 spiro atoms. The molecule has 1 heterocycles. The number of hydrogen-bond acceptors (Lipinski definition) is 8. The molecule has 39 heavy (non-hydrogen) atoms. The number of aromatic nitrogens is 1. The van der Waals surface area contributed by atoms with E-state index in [1.807, 2.05) is 6.92 Å². The highest BCUT2D eigenvalue weighted by Crippen LogP contribution is 2.36. The molecule has 0 atom stereocenters. The molecular weight excluding hydrogens is 542 g/mol. The minimum absolute atomic E-state index is 0.0187. The molecule has 3 aromatic carbocycles. The summed E-state index contributed by atoms with van der Waals surface area (Å²) in [7, 11) is -6.73. The van der Waals surface area contributed by atoms with Crippen molar-refractivity contribution in [3.05, 3.63) is 84.6 Å². The molecule has 0 amide bonds. The third kappa shape index (κ3) is 5.38. The van der Waals surface area contributed by atoms with Crippen molar-refractivity contribution in [2.75, 3.05) is 29.0 Å². The Balaban J connectivity index is 1.88. The van der Waals surface area contributed by atoms with Crippen molar-refractivity contribution in [1.29, 1.82) is 0 Å². The first-order valence-corrected chi connectivity index (χ1v) is 14.7. The summed E-state index contributed by atoms with van der Waals surface area (Å²) in [6, 6.07) is 18.9. The zero-order valence-corrected chi connectivity index (χ0v) is 23.1. The molecule has 1 aromatic heterocycles. The van der Waals surface area contributed by atoms with E-state index in [-0.39, 0.29) is 34.3 Å². The maximum absolute atomic E-state index is 13.6. The van der Waals surface area contributed by atoms with Crippen molar-refractivity contribution in [2.24, 2.45) is 0 Å². The van der Waals surface area contributed by atoms with E-state index in [1.54, 1.807) is 55.5 Å². The average molecular weight is 570 g/mol. The maximum Gasteiger partial charge on any atom is 0.294 e. The lowest BCUT2D eigenvalue weighted by molar-refractivity contribution is -0.128. The minimum Gasteiger partial charge on any atom is -0.497 e. The number of methoxy groups -OCH3 is 1. The fraction of sp³-hybridized carbons (Fsp3) is 0.185. The number of fused-ring (bicyclic) bond motifs is 1. The number of benzene rings is 3. The van der Waals surface area contributed by atoms with E-state index in [9.17, 15) is 21.6 Å². The number of sulfonamides is 2. The van der Waals surface area contributed by atoms with Crippen LogP contribution < -0.4 is 13.3 Å². The Bertz CT molecular complexity index is 1690. The van der Waals surface area contributed by atoms with Gasteiger partial charge in [0.25, 0.3) is 26.5 Å². The van der Waals surface area contributed by atoms with Crippen molar-refractivity contribution in [1.82, 2.24) is 4.98 Å². The van der Waals surface area contributed by atoms with Crippen LogP contribution in [0.1, 0.15) is 12.5 Å². The van der Waals surface area contributed by atoms with Crippen molar-refractivity contribution < 1.29 is 31.1 Å². The molecule has 0 unspecified atom stereocenters. The number of anilines is 2. The normalized spacial score (nSPS) is 11.7. The number of hydrogen-bond donors (Lipinski definition) is 0. The Labute approximate surface area is 227 Å². The van der Waals surface area contributed by atoms with Gasteiger partial charge < -0.3 is 9.47 Å². The molecule has 0 aliphatic rings. The van der Waals surface area contributed by atoms with E-state index in [1.165, 1.54) is 41.9 Å². The molecule has 4 aromatic rings. The fourth-order valence-electron chi connectivity index (χ4n) is 4.08. The molecule has 0 aliphatic heterocycles. The van der Waals surface area contributed by atoms with E-state index in [2.05, 4.69) is 4.98 Å². The van der Waals surface area contributed by atoms with Gasteiger partial charge in [0.2, 0.25) is 0 Å². The molecule has 10 nitrogen and oxygen atoms in total. The number of aryl methyl sites for hydroxylation is 1. The third-order valence-corrected chi connectivity index (χ3v) is 9.69. The predicted octanol–water partition coefficient (Wildman–Crippen LogP) is 4.09. The molecule has 0 N–H and O–H groups in total. The zero-order valence-electron chi connectivity index (χ0n) is 21.5. The van der Waals surface area contributed by atoms with E-state index in [0.29, 0.717) is 16.5 Å². The van der Waals surface area contributed by atoms with Crippen LogP contribution in [0.4, 0.5) is 11.5 Å². The minimum atomic E-state index is -4.21. The highest BCUT2D eigenvalue weighted by molar-refractivity contribution is 7.93. The zero-order chi connectivity index (χ0) is 28.2. The van der Waals surface area contributed by atoms with Gasteiger partial charge in [-0.1, -0.05) is 42.0 Å². The number of nitrogens with zero attached hydrogens (tertiary/aromatic N) is 3. The fourth-order valence-corrected chi connectivity index (χ4v) is 6.87. The lowest BCUT2D eigenvalue weighted by Crippen LogP contribution is -2.35. The van der Waals surface area contributed by atoms with Crippen molar-refractivity contribution in [2.45, 2.75) is 23.6 Å². The monoisotopic (exact) mass is 569 g/mol. The van der Waals surface area contributed by atoms with Gasteiger partial charge in [-0.2, -0.15) is 0 Å². The van der Waals surface area contributed by atoms with E-state index in [4.69, 9.17) is 9.47 Å². The Morgan fingerprint density at radius 3 is 1.95 bits per heavy atom. The van der Waals surface area contributed by atoms with Gasteiger partial charge >= 0.3 is 0 Å². The van der Waals surface area contributed by atoms with Gasteiger partial charge in [-0.05, 0) is 50.2 Å². The smallest absolute Gasteiger partial charge is 0.294 e. The SMILES string of the molecule is CCN(c1cnc(N(COC=O)S(=O)(=O)c2ccc(C)cc2)c2ccccc12)S(=O)(=O)c1ccc(OC)cc1. The van der Waals surface area contributed by atoms with Gasteiger partial charge in [0.1, 0.15) is 5.75 Å². The van der Waals surface area contributed by atoms with Gasteiger partial charge in [0, 0.05) is 17.3 Å². The highest BCUT2D eigenvalue weighted by Gasteiger charge is 2.31. The summed E-state index contributed by atoms with van der Waals surface area (Å²) in [5.41, 5.74) is 1.13. The van der Waals surface area contributed by atoms with Gasteiger partial charge in [0.05, 0.1) is 28.8 Å². The first kappa shape index (κ1) is 27.9. The highest BCUT2D eigenvalue weighted by atomic mass is 32.2. The maximum atomic E-state index is 13.6. The summed E-state index contributed by atoms with van der Waals surface area (Å²) in [5, 5.41) is 0.792. The molecule has 0 fully saturated rings. The standard InChI is InChI=1S/C27H27N3O7S2/c1-4-29(38(32,33)23-15-11-21(36-3)12-16-23)26-17-28-27(25-8-6-5-7-24(25)26)30(18-37-19-31)39(34,35)22-13-9-20(2)10-14-22/h5-17,19H,4,18H2,1-3H3. The molecule has 12 heteroatoms. The Morgan fingerprint density at radius 1 is 0.821 bits per heavy atom. The lowest BCUT2D eigenvalue weighted by Gasteiger charge is -2.27. The molecule has 4 rings (SSSR count). The van der Waals surface area contributed by atoms with E-state index < -0.39 is 26.8 Å². The van der Waals surface area contributed by atoms with Crippen LogP contribution in [-0.2, 0) is 29.6 Å². The number of carbonyl (C=O) groups is 1. The predicted molar refractivity (Wildman–Crippen MR) is 148 cm³/mol. The second-order valence-electron chi connectivity index (χ2n) is 8.42. The van der Waals surface area contributed by atoms with Crippen molar-refractivity contribution in [3.63, 3.8) is 0 Å². The second kappa shape index (κ2) is 11.3. The Kier molecular flexibility index (Phi) is 8.07. The summed E-state index contributed by atoms with van der Waals surface area (Å²) < 4.78 is 66.6.